The molecule has 112 valence electrons. The average Bonchev–Trinajstić information content (AvgIpc) is 2.17. The van der Waals surface area contributed by atoms with E-state index in [0.29, 0.717) is 6.42 Å². The van der Waals surface area contributed by atoms with Crippen molar-refractivity contribution in [2.24, 2.45) is 0 Å². The summed E-state index contributed by atoms with van der Waals surface area (Å²) >= 11 is 0. The molecule has 0 aliphatic heterocycles. The van der Waals surface area contributed by atoms with E-state index in [4.69, 9.17) is 0 Å². The molecule has 0 aliphatic carbocycles. The van der Waals surface area contributed by atoms with Gasteiger partial charge in [0.2, 0.25) is 5.91 Å². The molecule has 6 nitrogen and oxygen atoms in total. The number of carbonyl (C=O) groups is 2. The van der Waals surface area contributed by atoms with Gasteiger partial charge in [0.25, 0.3) is 0 Å². The van der Waals surface area contributed by atoms with Crippen molar-refractivity contribution >= 4 is 21.5 Å². The minimum absolute atomic E-state index is 0.00463. The quantitative estimate of drug-likeness (QED) is 0.719. The molecule has 0 saturated heterocycles. The van der Waals surface area contributed by atoms with Crippen LogP contribution in [0.3, 0.4) is 0 Å². The Morgan fingerprint density at radius 2 is 1.11 bits per heavy atom. The first-order valence-electron chi connectivity index (χ1n) is 5.37. The van der Waals surface area contributed by atoms with Gasteiger partial charge in [-0.05, 0) is 21.0 Å². The van der Waals surface area contributed by atoms with Gasteiger partial charge in [0.1, 0.15) is 15.6 Å². The van der Waals surface area contributed by atoms with Gasteiger partial charge >= 0.3 is 0 Å². The van der Waals surface area contributed by atoms with Gasteiger partial charge in [-0.2, -0.15) is 0 Å². The lowest BCUT2D eigenvalue weighted by Crippen LogP contribution is -2.11. The molecular weight excluding hydrogens is 256 g/mol. The largest absolute Gasteiger partial charge is 0.359 e. The SMILES string of the molecule is CCC(C)=O.CNC.CNC(C)=O.CS(C)(=O)=O. The number of rotatable bonds is 1. The van der Waals surface area contributed by atoms with E-state index >= 15 is 0 Å². The summed E-state index contributed by atoms with van der Waals surface area (Å²) in [6.45, 7) is 4.91. The van der Waals surface area contributed by atoms with Gasteiger partial charge in [-0.25, -0.2) is 8.42 Å². The number of hydrogen-bond donors (Lipinski definition) is 2. The van der Waals surface area contributed by atoms with Crippen LogP contribution in [0.2, 0.25) is 0 Å². The standard InChI is InChI=1S/C4H8O.C3H7NO.C2H7N.C2H6O2S/c1-3-4(2)5;1-3(5)4-2;1-3-2;1-5(2,3)4/h3H2,1-2H3;1-2H3,(H,4,5);3H,1-2H3;1-2H3. The number of carbonyl (C=O) groups excluding carboxylic acids is 2. The highest BCUT2D eigenvalue weighted by Crippen LogP contribution is 1.71. The van der Waals surface area contributed by atoms with E-state index < -0.39 is 9.84 Å². The van der Waals surface area contributed by atoms with Gasteiger partial charge < -0.3 is 15.4 Å². The third-order valence-electron chi connectivity index (χ3n) is 0.850. The van der Waals surface area contributed by atoms with Crippen LogP contribution >= 0.6 is 0 Å². The number of ketones is 1. The fourth-order valence-corrected chi connectivity index (χ4v) is 0. The number of nitrogens with one attached hydrogen (secondary N) is 2. The Bertz CT molecular complexity index is 265. The molecule has 0 spiro atoms. The second kappa shape index (κ2) is 18.4. The smallest absolute Gasteiger partial charge is 0.216 e. The number of sulfone groups is 1. The van der Waals surface area contributed by atoms with Gasteiger partial charge in [0.05, 0.1) is 0 Å². The zero-order valence-electron chi connectivity index (χ0n) is 12.7. The van der Waals surface area contributed by atoms with Crippen LogP contribution in [0.15, 0.2) is 0 Å². The molecule has 0 saturated carbocycles. The molecule has 0 atom stereocenters. The van der Waals surface area contributed by atoms with Crippen LogP contribution < -0.4 is 10.6 Å². The summed E-state index contributed by atoms with van der Waals surface area (Å²) < 4.78 is 19.3. The lowest BCUT2D eigenvalue weighted by molar-refractivity contribution is -0.118. The zero-order valence-corrected chi connectivity index (χ0v) is 13.6. The van der Waals surface area contributed by atoms with E-state index in [1.165, 1.54) is 6.92 Å². The average molecular weight is 284 g/mol. The molecule has 0 rings (SSSR count). The van der Waals surface area contributed by atoms with E-state index in [1.807, 2.05) is 21.0 Å². The van der Waals surface area contributed by atoms with E-state index in [2.05, 4.69) is 10.6 Å². The topological polar surface area (TPSA) is 92.3 Å². The third-order valence-corrected chi connectivity index (χ3v) is 0.850. The highest BCUT2D eigenvalue weighted by atomic mass is 32.2. The van der Waals surface area contributed by atoms with Crippen molar-refractivity contribution in [1.82, 2.24) is 10.6 Å². The van der Waals surface area contributed by atoms with Crippen LogP contribution in [0, 0.1) is 0 Å². The Morgan fingerprint density at radius 3 is 1.11 bits per heavy atom. The summed E-state index contributed by atoms with van der Waals surface area (Å²) in [6.07, 6.45) is 2.99. The molecular formula is C11H28N2O4S. The summed E-state index contributed by atoms with van der Waals surface area (Å²) in [7, 11) is 2.68. The highest BCUT2D eigenvalue weighted by Gasteiger charge is 1.79. The maximum atomic E-state index is 9.81. The van der Waals surface area contributed by atoms with Gasteiger partial charge in [0, 0.05) is 32.9 Å². The van der Waals surface area contributed by atoms with Crippen LogP contribution in [0.5, 0.6) is 0 Å². The Hall–Kier alpha value is -0.950. The Morgan fingerprint density at radius 1 is 1.00 bits per heavy atom. The molecule has 0 aromatic rings. The molecule has 0 fully saturated rings. The van der Waals surface area contributed by atoms with Gasteiger partial charge in [0.15, 0.2) is 0 Å². The third kappa shape index (κ3) is 319. The highest BCUT2D eigenvalue weighted by molar-refractivity contribution is 7.89. The van der Waals surface area contributed by atoms with E-state index in [0.717, 1.165) is 12.5 Å². The molecule has 1 amide bonds. The second-order valence-corrected chi connectivity index (χ2v) is 5.79. The first-order chi connectivity index (χ1) is 7.95. The van der Waals surface area contributed by atoms with Crippen molar-refractivity contribution in [3.63, 3.8) is 0 Å². The number of Topliss-reactive ketones (excluding diaryl/α,β-unsaturated/α-hetero) is 1. The van der Waals surface area contributed by atoms with Crippen molar-refractivity contribution in [3.05, 3.63) is 0 Å². The van der Waals surface area contributed by atoms with Crippen molar-refractivity contribution in [1.29, 1.82) is 0 Å². The predicted octanol–water partition coefficient (Wildman–Crippen LogP) is 0.234. The minimum Gasteiger partial charge on any atom is -0.359 e. The zero-order chi connectivity index (χ0) is 15.8. The van der Waals surface area contributed by atoms with Crippen LogP contribution in [0.1, 0.15) is 27.2 Å². The van der Waals surface area contributed by atoms with Gasteiger partial charge in [-0.1, -0.05) is 6.92 Å². The summed E-state index contributed by atoms with van der Waals surface area (Å²) in [5.41, 5.74) is 0. The van der Waals surface area contributed by atoms with Crippen molar-refractivity contribution in [3.8, 4) is 0 Å². The van der Waals surface area contributed by atoms with Crippen LogP contribution in [0.25, 0.3) is 0 Å². The normalized spacial score (nSPS) is 8.22. The summed E-state index contributed by atoms with van der Waals surface area (Å²) in [6, 6.07) is 0. The maximum absolute atomic E-state index is 9.81. The van der Waals surface area contributed by atoms with Crippen LogP contribution in [-0.4, -0.2) is 53.8 Å². The Balaban J connectivity index is -0.0000000739. The Labute approximate surface area is 111 Å². The van der Waals surface area contributed by atoms with Gasteiger partial charge in [-0.15, -0.1) is 0 Å². The first kappa shape index (κ1) is 25.8. The molecule has 0 aromatic carbocycles. The lowest BCUT2D eigenvalue weighted by atomic mass is 10.4. The number of amides is 1. The van der Waals surface area contributed by atoms with Crippen molar-refractivity contribution in [2.75, 3.05) is 33.7 Å². The van der Waals surface area contributed by atoms with Crippen LogP contribution in [-0.2, 0) is 19.4 Å². The lowest BCUT2D eigenvalue weighted by Gasteiger charge is -1.80. The molecule has 0 aliphatic rings. The van der Waals surface area contributed by atoms with E-state index in [9.17, 15) is 18.0 Å². The molecule has 2 N–H and O–H groups in total. The summed E-state index contributed by atoms with van der Waals surface area (Å²) in [5.74, 6) is 0.259. The van der Waals surface area contributed by atoms with Gasteiger partial charge in [-0.3, -0.25) is 4.79 Å². The predicted molar refractivity (Wildman–Crippen MR) is 76.5 cm³/mol. The molecule has 0 unspecified atom stereocenters. The van der Waals surface area contributed by atoms with Crippen LogP contribution in [0.4, 0.5) is 0 Å². The molecule has 0 bridgehead atoms. The minimum atomic E-state index is -2.67. The van der Waals surface area contributed by atoms with E-state index in [1.54, 1.807) is 14.0 Å². The van der Waals surface area contributed by atoms with Crippen molar-refractivity contribution < 1.29 is 18.0 Å². The molecule has 7 heteroatoms. The fraction of sp³-hybridized carbons (Fsp3) is 0.818. The first-order valence-corrected chi connectivity index (χ1v) is 7.67. The molecule has 0 heterocycles. The summed E-state index contributed by atoms with van der Waals surface area (Å²) in [5, 5.41) is 5.14. The Kier molecular flexibility index (Phi) is 26.4. The molecule has 18 heavy (non-hydrogen) atoms. The summed E-state index contributed by atoms with van der Waals surface area (Å²) in [4.78, 5) is 19.5. The van der Waals surface area contributed by atoms with Crippen molar-refractivity contribution in [2.45, 2.75) is 27.2 Å². The molecule has 0 aromatic heterocycles. The second-order valence-electron chi connectivity index (χ2n) is 3.50. The molecule has 0 radical (unpaired) electrons. The number of hydrogen-bond acceptors (Lipinski definition) is 5. The fourth-order valence-electron chi connectivity index (χ4n) is 0. The van der Waals surface area contributed by atoms with E-state index in [-0.39, 0.29) is 11.7 Å². The monoisotopic (exact) mass is 284 g/mol. The maximum Gasteiger partial charge on any atom is 0.216 e.